The maximum Gasteiger partial charge on any atom is 0.305 e. The third-order valence-corrected chi connectivity index (χ3v) is 1.89. The number of aliphatic carboxylic acids is 1. The number of rotatable bonds is 7. The van der Waals surface area contributed by atoms with Crippen molar-refractivity contribution in [2.75, 3.05) is 13.2 Å². The van der Waals surface area contributed by atoms with Crippen molar-refractivity contribution in [3.8, 4) is 5.75 Å². The largest absolute Gasteiger partial charge is 0.491 e. The summed E-state index contributed by atoms with van der Waals surface area (Å²) in [6, 6.07) is 3.48. The summed E-state index contributed by atoms with van der Waals surface area (Å²) in [4.78, 5) is 25.3. The minimum Gasteiger partial charge on any atom is -0.491 e. The molecular formula is C11H14N2O4. The van der Waals surface area contributed by atoms with Crippen LogP contribution in [-0.4, -0.2) is 35.1 Å². The van der Waals surface area contributed by atoms with Crippen LogP contribution < -0.4 is 10.1 Å². The predicted octanol–water partition coefficient (Wildman–Crippen LogP) is 0.441. The molecule has 2 N–H and O–H groups in total. The summed E-state index contributed by atoms with van der Waals surface area (Å²) in [6.45, 7) is 0.381. The predicted molar refractivity (Wildman–Crippen MR) is 59.6 cm³/mol. The third kappa shape index (κ3) is 6.14. The molecule has 6 nitrogen and oxygen atoms in total. The van der Waals surface area contributed by atoms with Gasteiger partial charge in [-0.15, -0.1) is 0 Å². The second-order valence-corrected chi connectivity index (χ2v) is 3.28. The lowest BCUT2D eigenvalue weighted by Gasteiger charge is -2.05. The molecule has 0 fully saturated rings. The Balaban J connectivity index is 2.10. The van der Waals surface area contributed by atoms with E-state index in [1.54, 1.807) is 24.5 Å². The Kier molecular flexibility index (Phi) is 5.50. The molecule has 0 aliphatic heterocycles. The SMILES string of the molecule is O=C(O)CCNC(=O)CCOc1cccnc1. The highest BCUT2D eigenvalue weighted by molar-refractivity contribution is 5.76. The van der Waals surface area contributed by atoms with E-state index in [9.17, 15) is 9.59 Å². The lowest BCUT2D eigenvalue weighted by atomic mass is 10.4. The number of nitrogens with zero attached hydrogens (tertiary/aromatic N) is 1. The Morgan fingerprint density at radius 3 is 2.88 bits per heavy atom. The van der Waals surface area contributed by atoms with Crippen molar-refractivity contribution in [1.82, 2.24) is 10.3 Å². The van der Waals surface area contributed by atoms with Crippen LogP contribution in [0, 0.1) is 0 Å². The van der Waals surface area contributed by atoms with Gasteiger partial charge in [-0.05, 0) is 12.1 Å². The molecule has 0 spiro atoms. The van der Waals surface area contributed by atoms with Crippen LogP contribution in [0.1, 0.15) is 12.8 Å². The van der Waals surface area contributed by atoms with Crippen LogP contribution in [0.4, 0.5) is 0 Å². The summed E-state index contributed by atoms with van der Waals surface area (Å²) in [5.41, 5.74) is 0. The van der Waals surface area contributed by atoms with E-state index in [-0.39, 0.29) is 31.9 Å². The van der Waals surface area contributed by atoms with Gasteiger partial charge < -0.3 is 15.2 Å². The zero-order chi connectivity index (χ0) is 12.5. The highest BCUT2D eigenvalue weighted by Gasteiger charge is 2.03. The molecule has 0 bridgehead atoms. The van der Waals surface area contributed by atoms with Crippen LogP contribution in [0.2, 0.25) is 0 Å². The number of pyridine rings is 1. The van der Waals surface area contributed by atoms with E-state index in [2.05, 4.69) is 10.3 Å². The van der Waals surface area contributed by atoms with Crippen LogP contribution in [0.5, 0.6) is 5.75 Å². The molecule has 0 aromatic carbocycles. The first-order valence-electron chi connectivity index (χ1n) is 5.20. The van der Waals surface area contributed by atoms with Gasteiger partial charge in [0.2, 0.25) is 5.91 Å². The van der Waals surface area contributed by atoms with Crippen LogP contribution in [0.3, 0.4) is 0 Å². The number of carbonyl (C=O) groups excluding carboxylic acids is 1. The van der Waals surface area contributed by atoms with Crippen molar-refractivity contribution in [3.05, 3.63) is 24.5 Å². The fraction of sp³-hybridized carbons (Fsp3) is 0.364. The highest BCUT2D eigenvalue weighted by atomic mass is 16.5. The van der Waals surface area contributed by atoms with Gasteiger partial charge in [-0.2, -0.15) is 0 Å². The van der Waals surface area contributed by atoms with E-state index in [0.717, 1.165) is 0 Å². The van der Waals surface area contributed by atoms with Crippen molar-refractivity contribution in [1.29, 1.82) is 0 Å². The molecule has 1 rings (SSSR count). The van der Waals surface area contributed by atoms with Crippen molar-refractivity contribution >= 4 is 11.9 Å². The lowest BCUT2D eigenvalue weighted by Crippen LogP contribution is -2.27. The number of hydrogen-bond donors (Lipinski definition) is 2. The molecule has 1 aromatic rings. The molecule has 0 atom stereocenters. The number of hydrogen-bond acceptors (Lipinski definition) is 4. The lowest BCUT2D eigenvalue weighted by molar-refractivity contribution is -0.136. The molecule has 1 heterocycles. The Labute approximate surface area is 98.6 Å². The topological polar surface area (TPSA) is 88.5 Å². The monoisotopic (exact) mass is 238 g/mol. The number of nitrogens with one attached hydrogen (secondary N) is 1. The third-order valence-electron chi connectivity index (χ3n) is 1.89. The van der Waals surface area contributed by atoms with Gasteiger partial charge in [0, 0.05) is 12.7 Å². The van der Waals surface area contributed by atoms with Gasteiger partial charge in [-0.3, -0.25) is 14.6 Å². The average Bonchev–Trinajstić information content (AvgIpc) is 2.30. The maximum absolute atomic E-state index is 11.2. The first kappa shape index (κ1) is 13.0. The van der Waals surface area contributed by atoms with E-state index in [4.69, 9.17) is 9.84 Å². The standard InChI is InChI=1S/C11H14N2O4/c14-10(13-6-3-11(15)16)4-7-17-9-2-1-5-12-8-9/h1-2,5,8H,3-4,6-7H2,(H,13,14)(H,15,16). The summed E-state index contributed by atoms with van der Waals surface area (Å²) in [5, 5.41) is 10.9. The van der Waals surface area contributed by atoms with Crippen LogP contribution >= 0.6 is 0 Å². The molecule has 1 amide bonds. The highest BCUT2D eigenvalue weighted by Crippen LogP contribution is 2.05. The van der Waals surface area contributed by atoms with Crippen LogP contribution in [-0.2, 0) is 9.59 Å². The Bertz CT molecular complexity index is 367. The van der Waals surface area contributed by atoms with Crippen LogP contribution in [0.15, 0.2) is 24.5 Å². The Hall–Kier alpha value is -2.11. The van der Waals surface area contributed by atoms with Gasteiger partial charge in [-0.25, -0.2) is 0 Å². The van der Waals surface area contributed by atoms with Gasteiger partial charge in [0.25, 0.3) is 0 Å². The number of carbonyl (C=O) groups is 2. The number of amides is 1. The fourth-order valence-electron chi connectivity index (χ4n) is 1.09. The van der Waals surface area contributed by atoms with Crippen LogP contribution in [0.25, 0.3) is 0 Å². The molecule has 0 aliphatic rings. The fourth-order valence-corrected chi connectivity index (χ4v) is 1.09. The summed E-state index contributed by atoms with van der Waals surface area (Å²) in [5.74, 6) is -0.558. The van der Waals surface area contributed by atoms with Gasteiger partial charge in [0.15, 0.2) is 0 Å². The van der Waals surface area contributed by atoms with E-state index in [0.29, 0.717) is 5.75 Å². The number of aromatic nitrogens is 1. The first-order valence-corrected chi connectivity index (χ1v) is 5.20. The molecule has 0 unspecified atom stereocenters. The van der Waals surface area contributed by atoms with Crippen molar-refractivity contribution in [2.24, 2.45) is 0 Å². The maximum atomic E-state index is 11.2. The zero-order valence-electron chi connectivity index (χ0n) is 9.26. The molecule has 0 radical (unpaired) electrons. The van der Waals surface area contributed by atoms with Crippen molar-refractivity contribution in [2.45, 2.75) is 12.8 Å². The molecule has 6 heteroatoms. The van der Waals surface area contributed by atoms with E-state index in [1.807, 2.05) is 0 Å². The first-order chi connectivity index (χ1) is 8.18. The summed E-state index contributed by atoms with van der Waals surface area (Å²) >= 11 is 0. The summed E-state index contributed by atoms with van der Waals surface area (Å²) in [6.07, 6.45) is 3.30. The van der Waals surface area contributed by atoms with E-state index in [1.165, 1.54) is 0 Å². The normalized spacial score (nSPS) is 9.65. The van der Waals surface area contributed by atoms with E-state index < -0.39 is 5.97 Å². The number of carboxylic acid groups (broad SMARTS) is 1. The van der Waals surface area contributed by atoms with Gasteiger partial charge in [0.05, 0.1) is 25.6 Å². The number of ether oxygens (including phenoxy) is 1. The molecule has 0 aliphatic carbocycles. The second-order valence-electron chi connectivity index (χ2n) is 3.28. The zero-order valence-corrected chi connectivity index (χ0v) is 9.26. The minimum atomic E-state index is -0.933. The molecule has 0 saturated heterocycles. The molecular weight excluding hydrogens is 224 g/mol. The van der Waals surface area contributed by atoms with Crippen molar-refractivity contribution in [3.63, 3.8) is 0 Å². The van der Waals surface area contributed by atoms with Gasteiger partial charge in [0.1, 0.15) is 5.75 Å². The molecule has 1 aromatic heterocycles. The molecule has 17 heavy (non-hydrogen) atoms. The molecule has 0 saturated carbocycles. The van der Waals surface area contributed by atoms with E-state index >= 15 is 0 Å². The smallest absolute Gasteiger partial charge is 0.305 e. The number of carboxylic acids is 1. The van der Waals surface area contributed by atoms with Gasteiger partial charge in [-0.1, -0.05) is 0 Å². The molecule has 92 valence electrons. The average molecular weight is 238 g/mol. The minimum absolute atomic E-state index is 0.0742. The van der Waals surface area contributed by atoms with Crippen molar-refractivity contribution < 1.29 is 19.4 Å². The Morgan fingerprint density at radius 1 is 1.41 bits per heavy atom. The Morgan fingerprint density at radius 2 is 2.24 bits per heavy atom. The van der Waals surface area contributed by atoms with Gasteiger partial charge >= 0.3 is 5.97 Å². The second kappa shape index (κ2) is 7.21. The summed E-state index contributed by atoms with van der Waals surface area (Å²) in [7, 11) is 0. The summed E-state index contributed by atoms with van der Waals surface area (Å²) < 4.78 is 5.26. The quantitative estimate of drug-likeness (QED) is 0.719.